The van der Waals surface area contributed by atoms with Gasteiger partial charge in [-0.1, -0.05) is 24.3 Å². The van der Waals surface area contributed by atoms with Gasteiger partial charge in [0.25, 0.3) is 5.91 Å². The second-order valence-corrected chi connectivity index (χ2v) is 8.06. The Kier molecular flexibility index (Phi) is 5.50. The SMILES string of the molecule is Cc1nnnn1-c1cccc(NC(=O)c2ccccc2SCc2cccs2)c1. The molecule has 4 aromatic rings. The highest BCUT2D eigenvalue weighted by molar-refractivity contribution is 7.98. The molecule has 28 heavy (non-hydrogen) atoms. The molecule has 0 aliphatic carbocycles. The molecule has 4 rings (SSSR count). The number of carbonyl (C=O) groups excluding carboxylic acids is 1. The summed E-state index contributed by atoms with van der Waals surface area (Å²) in [6.07, 6.45) is 0. The number of rotatable bonds is 6. The monoisotopic (exact) mass is 407 g/mol. The molecule has 0 saturated heterocycles. The van der Waals surface area contributed by atoms with Gasteiger partial charge in [0, 0.05) is 21.2 Å². The molecule has 0 bridgehead atoms. The van der Waals surface area contributed by atoms with Gasteiger partial charge in [-0.05, 0) is 59.1 Å². The number of hydrogen-bond acceptors (Lipinski definition) is 6. The summed E-state index contributed by atoms with van der Waals surface area (Å²) in [6, 6.07) is 19.3. The van der Waals surface area contributed by atoms with Crippen LogP contribution >= 0.6 is 23.1 Å². The van der Waals surface area contributed by atoms with Gasteiger partial charge in [-0.25, -0.2) is 0 Å². The Balaban J connectivity index is 1.52. The van der Waals surface area contributed by atoms with E-state index in [-0.39, 0.29) is 5.91 Å². The smallest absolute Gasteiger partial charge is 0.256 e. The lowest BCUT2D eigenvalue weighted by molar-refractivity contribution is 0.102. The number of nitrogens with one attached hydrogen (secondary N) is 1. The number of carbonyl (C=O) groups is 1. The predicted octanol–water partition coefficient (Wildman–Crippen LogP) is 4.58. The van der Waals surface area contributed by atoms with Crippen molar-refractivity contribution in [2.24, 2.45) is 0 Å². The summed E-state index contributed by atoms with van der Waals surface area (Å²) >= 11 is 3.39. The van der Waals surface area contributed by atoms with Crippen molar-refractivity contribution in [2.75, 3.05) is 5.32 Å². The van der Waals surface area contributed by atoms with Gasteiger partial charge in [0.15, 0.2) is 5.82 Å². The third-order valence-electron chi connectivity index (χ3n) is 4.06. The van der Waals surface area contributed by atoms with Crippen LogP contribution in [-0.2, 0) is 5.75 Å². The second kappa shape index (κ2) is 8.37. The number of amides is 1. The van der Waals surface area contributed by atoms with Crippen LogP contribution in [0, 0.1) is 6.92 Å². The maximum absolute atomic E-state index is 12.9. The fourth-order valence-corrected chi connectivity index (χ4v) is 4.53. The van der Waals surface area contributed by atoms with Crippen molar-refractivity contribution < 1.29 is 4.79 Å². The van der Waals surface area contributed by atoms with Crippen LogP contribution in [0.15, 0.2) is 70.9 Å². The van der Waals surface area contributed by atoms with Gasteiger partial charge in [0.05, 0.1) is 11.3 Å². The molecular formula is C20H17N5OS2. The van der Waals surface area contributed by atoms with Gasteiger partial charge >= 0.3 is 0 Å². The Bertz CT molecular complexity index is 1090. The molecule has 0 radical (unpaired) electrons. The number of anilines is 1. The highest BCUT2D eigenvalue weighted by Crippen LogP contribution is 2.28. The third-order valence-corrected chi connectivity index (χ3v) is 6.24. The molecular weight excluding hydrogens is 390 g/mol. The fourth-order valence-electron chi connectivity index (χ4n) is 2.71. The zero-order valence-electron chi connectivity index (χ0n) is 15.1. The molecule has 0 aliphatic heterocycles. The first-order valence-corrected chi connectivity index (χ1v) is 10.5. The minimum absolute atomic E-state index is 0.139. The van der Waals surface area contributed by atoms with Crippen LogP contribution in [0.25, 0.3) is 5.69 Å². The van der Waals surface area contributed by atoms with E-state index in [1.54, 1.807) is 27.8 Å². The standard InChI is InChI=1S/C20H17N5OS2/c1-14-22-23-24-25(14)16-7-4-6-15(12-16)21-20(26)18-9-2-3-10-19(18)28-13-17-8-5-11-27-17/h2-12H,13H2,1H3,(H,21,26). The van der Waals surface area contributed by atoms with Crippen molar-refractivity contribution in [3.05, 3.63) is 82.3 Å². The van der Waals surface area contributed by atoms with E-state index in [0.29, 0.717) is 17.1 Å². The summed E-state index contributed by atoms with van der Waals surface area (Å²) in [5.74, 6) is 1.38. The lowest BCUT2D eigenvalue weighted by atomic mass is 10.2. The fraction of sp³-hybridized carbons (Fsp3) is 0.100. The molecule has 6 nitrogen and oxygen atoms in total. The molecule has 140 valence electrons. The molecule has 0 fully saturated rings. The largest absolute Gasteiger partial charge is 0.322 e. The molecule has 2 heterocycles. The maximum atomic E-state index is 12.9. The van der Waals surface area contributed by atoms with E-state index in [0.717, 1.165) is 16.3 Å². The van der Waals surface area contributed by atoms with E-state index in [2.05, 4.69) is 32.3 Å². The second-order valence-electron chi connectivity index (χ2n) is 6.01. The average molecular weight is 408 g/mol. The summed E-state index contributed by atoms with van der Waals surface area (Å²) in [7, 11) is 0. The Labute approximate surface area is 170 Å². The number of nitrogens with zero attached hydrogens (tertiary/aromatic N) is 4. The number of aryl methyl sites for hydroxylation is 1. The highest BCUT2D eigenvalue weighted by Gasteiger charge is 2.13. The van der Waals surface area contributed by atoms with E-state index in [1.807, 2.05) is 61.5 Å². The quantitative estimate of drug-likeness (QED) is 0.474. The van der Waals surface area contributed by atoms with Crippen molar-refractivity contribution in [1.82, 2.24) is 20.2 Å². The first kappa shape index (κ1) is 18.4. The molecule has 1 N–H and O–H groups in total. The average Bonchev–Trinajstić information content (AvgIpc) is 3.38. The van der Waals surface area contributed by atoms with Gasteiger partial charge in [0.2, 0.25) is 0 Å². The van der Waals surface area contributed by atoms with E-state index in [1.165, 1.54) is 4.88 Å². The minimum Gasteiger partial charge on any atom is -0.322 e. The molecule has 0 spiro atoms. The first-order chi connectivity index (χ1) is 13.7. The normalized spacial score (nSPS) is 10.8. The van der Waals surface area contributed by atoms with Crippen LogP contribution in [0.2, 0.25) is 0 Å². The Hall–Kier alpha value is -2.97. The predicted molar refractivity (Wildman–Crippen MR) is 112 cm³/mol. The van der Waals surface area contributed by atoms with E-state index in [4.69, 9.17) is 0 Å². The van der Waals surface area contributed by atoms with E-state index in [9.17, 15) is 4.79 Å². The van der Waals surface area contributed by atoms with Gasteiger partial charge in [-0.3, -0.25) is 4.79 Å². The van der Waals surface area contributed by atoms with Gasteiger partial charge < -0.3 is 5.32 Å². The van der Waals surface area contributed by atoms with Crippen molar-refractivity contribution in [3.63, 3.8) is 0 Å². The number of hydrogen-bond donors (Lipinski definition) is 1. The summed E-state index contributed by atoms with van der Waals surface area (Å²) < 4.78 is 1.63. The third kappa shape index (κ3) is 4.13. The Morgan fingerprint density at radius 1 is 1.14 bits per heavy atom. The summed E-state index contributed by atoms with van der Waals surface area (Å²) in [6.45, 7) is 1.83. The zero-order valence-corrected chi connectivity index (χ0v) is 16.7. The first-order valence-electron chi connectivity index (χ1n) is 8.62. The van der Waals surface area contributed by atoms with Crippen LogP contribution in [0.4, 0.5) is 5.69 Å². The van der Waals surface area contributed by atoms with Gasteiger partial charge in [-0.15, -0.1) is 28.2 Å². The Morgan fingerprint density at radius 2 is 2.04 bits per heavy atom. The zero-order chi connectivity index (χ0) is 19.3. The van der Waals surface area contributed by atoms with Crippen LogP contribution in [0.3, 0.4) is 0 Å². The molecule has 0 aliphatic rings. The lowest BCUT2D eigenvalue weighted by Gasteiger charge is -2.11. The van der Waals surface area contributed by atoms with Crippen molar-refractivity contribution in [2.45, 2.75) is 17.6 Å². The number of aromatic nitrogens is 4. The molecule has 0 saturated carbocycles. The van der Waals surface area contributed by atoms with Gasteiger partial charge in [0.1, 0.15) is 0 Å². The highest BCUT2D eigenvalue weighted by atomic mass is 32.2. The molecule has 1 amide bonds. The number of thioether (sulfide) groups is 1. The topological polar surface area (TPSA) is 72.7 Å². The van der Waals surface area contributed by atoms with Crippen LogP contribution in [-0.4, -0.2) is 26.1 Å². The van der Waals surface area contributed by atoms with Crippen LogP contribution < -0.4 is 5.32 Å². The summed E-state index contributed by atoms with van der Waals surface area (Å²) in [5.41, 5.74) is 2.14. The molecule has 0 unspecified atom stereocenters. The van der Waals surface area contributed by atoms with Crippen molar-refractivity contribution >= 4 is 34.7 Å². The number of benzene rings is 2. The van der Waals surface area contributed by atoms with Crippen molar-refractivity contribution in [3.8, 4) is 5.69 Å². The minimum atomic E-state index is -0.139. The lowest BCUT2D eigenvalue weighted by Crippen LogP contribution is -2.13. The van der Waals surface area contributed by atoms with E-state index >= 15 is 0 Å². The molecule has 0 atom stereocenters. The van der Waals surface area contributed by atoms with Crippen molar-refractivity contribution in [1.29, 1.82) is 0 Å². The summed E-state index contributed by atoms with van der Waals surface area (Å²) in [4.78, 5) is 15.1. The van der Waals surface area contributed by atoms with E-state index < -0.39 is 0 Å². The van der Waals surface area contributed by atoms with Gasteiger partial charge in [-0.2, -0.15) is 4.68 Å². The van der Waals surface area contributed by atoms with Crippen LogP contribution in [0.5, 0.6) is 0 Å². The van der Waals surface area contributed by atoms with Crippen LogP contribution in [0.1, 0.15) is 21.1 Å². The number of tetrazole rings is 1. The summed E-state index contributed by atoms with van der Waals surface area (Å²) in [5, 5.41) is 16.6. The molecule has 2 aromatic carbocycles. The molecule has 8 heteroatoms. The number of thiophene rings is 1. The maximum Gasteiger partial charge on any atom is 0.256 e. The molecule has 2 aromatic heterocycles. The Morgan fingerprint density at radius 3 is 2.82 bits per heavy atom.